The summed E-state index contributed by atoms with van der Waals surface area (Å²) < 4.78 is 48.3. The van der Waals surface area contributed by atoms with Gasteiger partial charge in [0, 0.05) is 5.69 Å². The lowest BCUT2D eigenvalue weighted by Gasteiger charge is -2.28. The van der Waals surface area contributed by atoms with Crippen LogP contribution in [0.4, 0.5) is 10.1 Å². The predicted octanol–water partition coefficient (Wildman–Crippen LogP) is 3.66. The van der Waals surface area contributed by atoms with Gasteiger partial charge in [-0.2, -0.15) is 0 Å². The number of nitrogens with zero attached hydrogens (tertiary/aromatic N) is 3. The van der Waals surface area contributed by atoms with E-state index in [0.717, 1.165) is 11.8 Å². The number of benzene rings is 2. The van der Waals surface area contributed by atoms with Crippen molar-refractivity contribution < 1.29 is 26.8 Å². The second-order valence-corrected chi connectivity index (χ2v) is 10.7. The highest BCUT2D eigenvalue weighted by atomic mass is 32.2. The van der Waals surface area contributed by atoms with Gasteiger partial charge < -0.3 is 14.1 Å². The lowest BCUT2D eigenvalue weighted by molar-refractivity contribution is -0.116. The van der Waals surface area contributed by atoms with Crippen LogP contribution in [0.1, 0.15) is 25.3 Å². The molecule has 1 saturated heterocycles. The van der Waals surface area contributed by atoms with Crippen LogP contribution in [0.15, 0.2) is 64.2 Å². The van der Waals surface area contributed by atoms with Gasteiger partial charge in [0.2, 0.25) is 5.91 Å². The molecule has 11 heteroatoms. The van der Waals surface area contributed by atoms with Crippen molar-refractivity contribution in [3.05, 3.63) is 66.3 Å². The van der Waals surface area contributed by atoms with Crippen molar-refractivity contribution in [2.45, 2.75) is 30.7 Å². The Morgan fingerprint density at radius 3 is 2.61 bits per heavy atom. The Morgan fingerprint density at radius 1 is 1.21 bits per heavy atom. The minimum atomic E-state index is -3.16. The first-order valence-corrected chi connectivity index (χ1v) is 13.1. The monoisotopic (exact) mass is 491 g/mol. The molecule has 1 aliphatic heterocycles. The van der Waals surface area contributed by atoms with Crippen molar-refractivity contribution in [1.29, 1.82) is 0 Å². The number of anilines is 1. The Balaban J connectivity index is 1.40. The number of hydrogen-bond donors (Lipinski definition) is 0. The summed E-state index contributed by atoms with van der Waals surface area (Å²) in [5.74, 6) is 0.0779. The van der Waals surface area contributed by atoms with Crippen molar-refractivity contribution in [3.8, 4) is 5.75 Å². The first-order valence-electron chi connectivity index (χ1n) is 10.3. The zero-order valence-electron chi connectivity index (χ0n) is 17.8. The third-order valence-corrected chi connectivity index (χ3v) is 7.65. The summed E-state index contributed by atoms with van der Waals surface area (Å²) in [5.41, 5.74) is 0.651. The number of carbonyl (C=O) groups is 1. The molecule has 3 aromatic rings. The molecule has 8 nitrogen and oxygen atoms in total. The minimum Gasteiger partial charge on any atom is -0.481 e. The van der Waals surface area contributed by atoms with Gasteiger partial charge in [-0.15, -0.1) is 10.2 Å². The highest BCUT2D eigenvalue weighted by molar-refractivity contribution is 7.99. The van der Waals surface area contributed by atoms with Crippen LogP contribution in [-0.2, 0) is 14.6 Å². The SMILES string of the molecule is C[C@@H](Oc1ccc(F)cc1)c1nnc(SCC(=O)N(c2ccccc2)[C@H]2CCS(=O)(=O)C2)o1. The van der Waals surface area contributed by atoms with Gasteiger partial charge in [0.1, 0.15) is 11.6 Å². The molecule has 0 aliphatic carbocycles. The minimum absolute atomic E-state index is 0.000273. The number of sulfone groups is 1. The Hall–Kier alpha value is -2.92. The van der Waals surface area contributed by atoms with E-state index in [1.165, 1.54) is 24.3 Å². The molecular weight excluding hydrogens is 469 g/mol. The van der Waals surface area contributed by atoms with Crippen LogP contribution in [0.5, 0.6) is 5.75 Å². The number of carbonyl (C=O) groups excluding carboxylic acids is 1. The van der Waals surface area contributed by atoms with E-state index in [9.17, 15) is 17.6 Å². The number of aromatic nitrogens is 2. The molecule has 0 unspecified atom stereocenters. The van der Waals surface area contributed by atoms with Crippen LogP contribution < -0.4 is 9.64 Å². The third-order valence-electron chi connectivity index (χ3n) is 5.09. The predicted molar refractivity (Wildman–Crippen MR) is 121 cm³/mol. The highest BCUT2D eigenvalue weighted by Crippen LogP contribution is 2.28. The maximum absolute atomic E-state index is 13.1. The van der Waals surface area contributed by atoms with E-state index >= 15 is 0 Å². The fourth-order valence-electron chi connectivity index (χ4n) is 3.53. The van der Waals surface area contributed by atoms with Gasteiger partial charge in [-0.25, -0.2) is 12.8 Å². The Labute approximate surface area is 195 Å². The summed E-state index contributed by atoms with van der Waals surface area (Å²) in [6, 6.07) is 14.2. The zero-order valence-corrected chi connectivity index (χ0v) is 19.4. The van der Waals surface area contributed by atoms with Gasteiger partial charge in [-0.05, 0) is 49.7 Å². The van der Waals surface area contributed by atoms with Crippen molar-refractivity contribution in [2.24, 2.45) is 0 Å². The molecule has 1 fully saturated rings. The first-order chi connectivity index (χ1) is 15.8. The molecule has 0 saturated carbocycles. The summed E-state index contributed by atoms with van der Waals surface area (Å²) in [6.45, 7) is 1.72. The average Bonchev–Trinajstić information content (AvgIpc) is 3.41. The van der Waals surface area contributed by atoms with Crippen molar-refractivity contribution >= 4 is 33.2 Å². The smallest absolute Gasteiger partial charge is 0.277 e. The van der Waals surface area contributed by atoms with Gasteiger partial charge in [-0.1, -0.05) is 30.0 Å². The van der Waals surface area contributed by atoms with E-state index < -0.39 is 22.0 Å². The van der Waals surface area contributed by atoms with Gasteiger partial charge in [0.15, 0.2) is 15.9 Å². The van der Waals surface area contributed by atoms with Crippen molar-refractivity contribution in [2.75, 3.05) is 22.2 Å². The van der Waals surface area contributed by atoms with Gasteiger partial charge in [0.05, 0.1) is 23.3 Å². The van der Waals surface area contributed by atoms with Crippen LogP contribution in [0.25, 0.3) is 0 Å². The van der Waals surface area contributed by atoms with E-state index in [2.05, 4.69) is 10.2 Å². The van der Waals surface area contributed by atoms with Crippen LogP contribution in [0.2, 0.25) is 0 Å². The molecule has 2 aromatic carbocycles. The molecule has 0 spiro atoms. The molecular formula is C22H22FN3O5S2. The second-order valence-electron chi connectivity index (χ2n) is 7.57. The molecule has 0 N–H and O–H groups in total. The summed E-state index contributed by atoms with van der Waals surface area (Å²) >= 11 is 1.07. The van der Waals surface area contributed by atoms with E-state index in [0.29, 0.717) is 17.9 Å². The largest absolute Gasteiger partial charge is 0.481 e. The molecule has 174 valence electrons. The first kappa shape index (κ1) is 23.2. The summed E-state index contributed by atoms with van der Waals surface area (Å²) in [4.78, 5) is 14.6. The molecule has 2 heterocycles. The third kappa shape index (κ3) is 5.91. The van der Waals surface area contributed by atoms with Crippen LogP contribution >= 0.6 is 11.8 Å². The summed E-state index contributed by atoms with van der Waals surface area (Å²) in [5, 5.41) is 8.12. The number of hydrogen-bond acceptors (Lipinski definition) is 8. The van der Waals surface area contributed by atoms with Crippen LogP contribution in [0, 0.1) is 5.82 Å². The van der Waals surface area contributed by atoms with Gasteiger partial charge in [-0.3, -0.25) is 4.79 Å². The standard InChI is InChI=1S/C22H22FN3O5S2/c1-15(30-19-9-7-16(23)8-10-19)21-24-25-22(31-21)32-13-20(27)26(17-5-3-2-4-6-17)18-11-12-33(28,29)14-18/h2-10,15,18H,11-14H2,1H3/t15-,18+/m1/s1. The van der Waals surface area contributed by atoms with E-state index in [1.54, 1.807) is 36.1 Å². The average molecular weight is 492 g/mol. The van der Waals surface area contributed by atoms with Crippen molar-refractivity contribution in [3.63, 3.8) is 0 Å². The highest BCUT2D eigenvalue weighted by Gasteiger charge is 2.35. The summed E-state index contributed by atoms with van der Waals surface area (Å²) in [7, 11) is -3.16. The quantitative estimate of drug-likeness (QED) is 0.440. The number of ether oxygens (including phenoxy) is 1. The summed E-state index contributed by atoms with van der Waals surface area (Å²) in [6.07, 6.45) is -0.172. The number of amides is 1. The maximum Gasteiger partial charge on any atom is 0.277 e. The second kappa shape index (κ2) is 9.92. The van der Waals surface area contributed by atoms with E-state index in [4.69, 9.17) is 9.15 Å². The molecule has 33 heavy (non-hydrogen) atoms. The van der Waals surface area contributed by atoms with Crippen LogP contribution in [0.3, 0.4) is 0 Å². The van der Waals surface area contributed by atoms with Crippen molar-refractivity contribution in [1.82, 2.24) is 10.2 Å². The molecule has 2 atom stereocenters. The molecule has 1 amide bonds. The molecule has 4 rings (SSSR count). The maximum atomic E-state index is 13.1. The fourth-order valence-corrected chi connectivity index (χ4v) is 5.86. The van der Waals surface area contributed by atoms with E-state index in [-0.39, 0.29) is 40.1 Å². The van der Waals surface area contributed by atoms with Crippen LogP contribution in [-0.4, -0.2) is 47.8 Å². The number of halogens is 1. The number of para-hydroxylation sites is 1. The lowest BCUT2D eigenvalue weighted by atomic mass is 10.2. The molecule has 0 radical (unpaired) electrons. The Morgan fingerprint density at radius 2 is 1.94 bits per heavy atom. The fraction of sp³-hybridized carbons (Fsp3) is 0.318. The van der Waals surface area contributed by atoms with Gasteiger partial charge >= 0.3 is 0 Å². The number of thioether (sulfide) groups is 1. The Kier molecular flexibility index (Phi) is 6.99. The Bertz CT molecular complexity index is 1200. The number of rotatable bonds is 8. The normalized spacial score (nSPS) is 18.1. The lowest BCUT2D eigenvalue weighted by Crippen LogP contribution is -2.42. The molecule has 0 bridgehead atoms. The topological polar surface area (TPSA) is 103 Å². The molecule has 1 aromatic heterocycles. The van der Waals surface area contributed by atoms with Gasteiger partial charge in [0.25, 0.3) is 11.1 Å². The zero-order chi connectivity index (χ0) is 23.4. The van der Waals surface area contributed by atoms with E-state index in [1.807, 2.05) is 6.07 Å². The molecule has 1 aliphatic rings.